The topological polar surface area (TPSA) is 0 Å². The van der Waals surface area contributed by atoms with Gasteiger partial charge in [-0.3, -0.25) is 0 Å². The standard InChI is InChI=1S/C13H7F19/c1-2-3-5(14,15)8(20,21)11(26,27)9(22,23)6(16,17)4-7(18,19)10(24,25)12(28,29)13(30,31)32/h2H,1,3-4H2. The van der Waals surface area contributed by atoms with E-state index in [1.165, 1.54) is 0 Å². The molecule has 0 bridgehead atoms. The van der Waals surface area contributed by atoms with Gasteiger partial charge < -0.3 is 0 Å². The third kappa shape index (κ3) is 4.19. The number of halogens is 19. The van der Waals surface area contributed by atoms with E-state index in [2.05, 4.69) is 6.58 Å². The van der Waals surface area contributed by atoms with Gasteiger partial charge in [-0.15, -0.1) is 6.58 Å². The van der Waals surface area contributed by atoms with Crippen LogP contribution >= 0.6 is 0 Å². The second-order valence-corrected chi connectivity index (χ2v) is 6.15. The van der Waals surface area contributed by atoms with Gasteiger partial charge in [-0.2, -0.15) is 83.4 Å². The van der Waals surface area contributed by atoms with Crippen LogP contribution in [0.5, 0.6) is 0 Å². The van der Waals surface area contributed by atoms with E-state index < -0.39 is 66.4 Å². The van der Waals surface area contributed by atoms with Gasteiger partial charge in [0.25, 0.3) is 0 Å². The lowest BCUT2D eigenvalue weighted by Gasteiger charge is -2.41. The van der Waals surface area contributed by atoms with Gasteiger partial charge in [-0.05, 0) is 0 Å². The minimum absolute atomic E-state index is 0.297. The lowest BCUT2D eigenvalue weighted by molar-refractivity contribution is -0.423. The van der Waals surface area contributed by atoms with Crippen molar-refractivity contribution in [2.75, 3.05) is 0 Å². The Labute approximate surface area is 164 Å². The zero-order chi connectivity index (χ0) is 26.6. The van der Waals surface area contributed by atoms with Gasteiger partial charge in [-0.1, -0.05) is 6.08 Å². The highest BCUT2D eigenvalue weighted by Crippen LogP contribution is 2.61. The maximum Gasteiger partial charge on any atom is 0.460 e. The van der Waals surface area contributed by atoms with Gasteiger partial charge >= 0.3 is 53.6 Å². The minimum atomic E-state index is -8.11. The van der Waals surface area contributed by atoms with Crippen molar-refractivity contribution in [3.63, 3.8) is 0 Å². The number of alkyl halides is 19. The average molecular weight is 524 g/mol. The number of hydrogen-bond donors (Lipinski definition) is 0. The first-order valence-electron chi connectivity index (χ1n) is 7.22. The van der Waals surface area contributed by atoms with Crippen molar-refractivity contribution < 1.29 is 83.4 Å². The highest BCUT2D eigenvalue weighted by molar-refractivity contribution is 5.11. The highest BCUT2D eigenvalue weighted by atomic mass is 19.4. The molecular formula is C13H7F19. The number of allylic oxidation sites excluding steroid dienone is 1. The Hall–Kier alpha value is -1.59. The molecule has 0 aromatic heterocycles. The predicted octanol–water partition coefficient (Wildman–Crippen LogP) is 7.60. The maximum absolute atomic E-state index is 13.4. The molecule has 0 aliphatic rings. The van der Waals surface area contributed by atoms with Gasteiger partial charge in [0.1, 0.15) is 0 Å². The second kappa shape index (κ2) is 7.73. The van der Waals surface area contributed by atoms with Crippen molar-refractivity contribution in [3.05, 3.63) is 12.7 Å². The fourth-order valence-corrected chi connectivity index (χ4v) is 1.87. The Morgan fingerprint density at radius 2 is 0.688 bits per heavy atom. The van der Waals surface area contributed by atoms with Gasteiger partial charge in [0.05, 0.1) is 6.42 Å². The molecule has 0 amide bonds. The molecule has 0 aliphatic heterocycles. The molecule has 0 fully saturated rings. The third-order valence-electron chi connectivity index (χ3n) is 3.76. The molecule has 0 N–H and O–H groups in total. The molecule has 192 valence electrons. The summed E-state index contributed by atoms with van der Waals surface area (Å²) < 4.78 is 246. The van der Waals surface area contributed by atoms with Crippen molar-refractivity contribution >= 4 is 0 Å². The summed E-state index contributed by atoms with van der Waals surface area (Å²) in [5, 5.41) is 0. The summed E-state index contributed by atoms with van der Waals surface area (Å²) >= 11 is 0. The van der Waals surface area contributed by atoms with Crippen LogP contribution in [0.4, 0.5) is 83.4 Å². The molecule has 0 radical (unpaired) electrons. The van der Waals surface area contributed by atoms with E-state index in [1.54, 1.807) is 0 Å². The van der Waals surface area contributed by atoms with Gasteiger partial charge in [0.15, 0.2) is 0 Å². The summed E-state index contributed by atoms with van der Waals surface area (Å²) in [5.74, 6) is -61.2. The van der Waals surface area contributed by atoms with E-state index >= 15 is 0 Å². The largest absolute Gasteiger partial charge is 0.460 e. The predicted molar refractivity (Wildman–Crippen MR) is 65.1 cm³/mol. The van der Waals surface area contributed by atoms with Crippen LogP contribution in [-0.2, 0) is 0 Å². The van der Waals surface area contributed by atoms with Crippen LogP contribution in [0.25, 0.3) is 0 Å². The quantitative estimate of drug-likeness (QED) is 0.204. The monoisotopic (exact) mass is 524 g/mol. The third-order valence-corrected chi connectivity index (χ3v) is 3.76. The molecule has 0 rings (SSSR count). The van der Waals surface area contributed by atoms with Crippen LogP contribution in [0, 0.1) is 0 Å². The van der Waals surface area contributed by atoms with Crippen molar-refractivity contribution in [3.8, 4) is 0 Å². The van der Waals surface area contributed by atoms with Crippen LogP contribution < -0.4 is 0 Å². The molecule has 0 unspecified atom stereocenters. The minimum Gasteiger partial charge on any atom is -0.199 e. The van der Waals surface area contributed by atoms with E-state index in [0.29, 0.717) is 0 Å². The van der Waals surface area contributed by atoms with E-state index in [1.807, 2.05) is 0 Å². The molecular weight excluding hydrogens is 517 g/mol. The van der Waals surface area contributed by atoms with Gasteiger partial charge in [-0.25, -0.2) is 0 Å². The number of hydrogen-bond acceptors (Lipinski definition) is 0. The van der Waals surface area contributed by atoms with Crippen LogP contribution in [0.3, 0.4) is 0 Å². The molecule has 19 heteroatoms. The van der Waals surface area contributed by atoms with Crippen LogP contribution in [-0.4, -0.2) is 53.6 Å². The SMILES string of the molecule is C=CCC(F)(F)C(F)(F)C(F)(F)C(F)(F)C(F)(F)CC(F)(F)C(F)(F)C(F)(F)C(F)(F)F. The second-order valence-electron chi connectivity index (χ2n) is 6.15. The summed E-state index contributed by atoms with van der Waals surface area (Å²) in [6.07, 6.45) is -15.5. The van der Waals surface area contributed by atoms with Crippen molar-refractivity contribution in [2.24, 2.45) is 0 Å². The van der Waals surface area contributed by atoms with E-state index in [0.717, 1.165) is 0 Å². The van der Waals surface area contributed by atoms with Crippen molar-refractivity contribution in [1.82, 2.24) is 0 Å². The Balaban J connectivity index is 6.49. The maximum atomic E-state index is 13.4. The molecule has 0 nitrogen and oxygen atoms in total. The molecule has 0 spiro atoms. The Morgan fingerprint density at radius 3 is 0.969 bits per heavy atom. The average Bonchev–Trinajstić information content (AvgIpc) is 2.51. The summed E-state index contributed by atoms with van der Waals surface area (Å²) in [4.78, 5) is 0. The van der Waals surface area contributed by atoms with E-state index in [9.17, 15) is 83.4 Å². The molecule has 0 saturated carbocycles. The Morgan fingerprint density at radius 1 is 0.406 bits per heavy atom. The summed E-state index contributed by atoms with van der Waals surface area (Å²) in [6.45, 7) is 2.33. The first-order valence-corrected chi connectivity index (χ1v) is 7.22. The molecule has 0 aromatic carbocycles. The zero-order valence-corrected chi connectivity index (χ0v) is 14.4. The zero-order valence-electron chi connectivity index (χ0n) is 14.4. The Bertz CT molecular complexity index is 682. The van der Waals surface area contributed by atoms with Gasteiger partial charge in [0, 0.05) is 6.42 Å². The first-order chi connectivity index (χ1) is 13.5. The first kappa shape index (κ1) is 30.4. The lowest BCUT2D eigenvalue weighted by Crippen LogP contribution is -2.69. The van der Waals surface area contributed by atoms with Crippen molar-refractivity contribution in [2.45, 2.75) is 66.4 Å². The number of rotatable bonds is 10. The Kier molecular flexibility index (Phi) is 7.35. The molecule has 32 heavy (non-hydrogen) atoms. The van der Waals surface area contributed by atoms with Gasteiger partial charge in [0.2, 0.25) is 0 Å². The van der Waals surface area contributed by atoms with E-state index in [-0.39, 0.29) is 6.08 Å². The summed E-state index contributed by atoms with van der Waals surface area (Å²) in [5.41, 5.74) is 0. The molecule has 0 saturated heterocycles. The lowest BCUT2D eigenvalue weighted by atomic mass is 9.88. The normalized spacial score (nSPS) is 16.3. The van der Waals surface area contributed by atoms with Crippen LogP contribution in [0.1, 0.15) is 12.8 Å². The smallest absolute Gasteiger partial charge is 0.199 e. The summed E-state index contributed by atoms with van der Waals surface area (Å²) in [6, 6.07) is 0. The molecule has 0 atom stereocenters. The summed E-state index contributed by atoms with van der Waals surface area (Å²) in [7, 11) is 0. The fraction of sp³-hybridized carbons (Fsp3) is 0.846. The highest BCUT2D eigenvalue weighted by Gasteiger charge is 2.89. The van der Waals surface area contributed by atoms with E-state index in [4.69, 9.17) is 0 Å². The van der Waals surface area contributed by atoms with Crippen LogP contribution in [0.2, 0.25) is 0 Å². The molecule has 0 aliphatic carbocycles. The molecule has 0 heterocycles. The van der Waals surface area contributed by atoms with Crippen LogP contribution in [0.15, 0.2) is 12.7 Å². The molecule has 0 aromatic rings. The fourth-order valence-electron chi connectivity index (χ4n) is 1.87. The van der Waals surface area contributed by atoms with Crippen molar-refractivity contribution in [1.29, 1.82) is 0 Å².